The Bertz CT molecular complexity index is 386. The molecule has 0 spiro atoms. The molecule has 1 heterocycles. The van der Waals surface area contributed by atoms with Crippen molar-refractivity contribution in [2.75, 3.05) is 19.7 Å². The largest absolute Gasteiger partial charge is 0.493 e. The molecule has 1 aliphatic rings. The summed E-state index contributed by atoms with van der Waals surface area (Å²) in [6.45, 7) is 9.74. The average Bonchev–Trinajstić information content (AvgIpc) is 2.37. The summed E-state index contributed by atoms with van der Waals surface area (Å²) in [5.41, 5.74) is 2.76. The van der Waals surface area contributed by atoms with Crippen LogP contribution in [0.1, 0.15) is 43.7 Å². The van der Waals surface area contributed by atoms with Gasteiger partial charge in [-0.05, 0) is 55.5 Å². The van der Waals surface area contributed by atoms with E-state index in [1.165, 1.54) is 30.5 Å². The fourth-order valence-corrected chi connectivity index (χ4v) is 2.67. The van der Waals surface area contributed by atoms with E-state index in [-0.39, 0.29) is 12.4 Å². The van der Waals surface area contributed by atoms with Gasteiger partial charge >= 0.3 is 0 Å². The summed E-state index contributed by atoms with van der Waals surface area (Å²) in [4.78, 5) is 0. The van der Waals surface area contributed by atoms with Gasteiger partial charge in [0.25, 0.3) is 0 Å². The van der Waals surface area contributed by atoms with Gasteiger partial charge in [0, 0.05) is 12.5 Å². The molecule has 0 aromatic heterocycles. The van der Waals surface area contributed by atoms with Gasteiger partial charge in [-0.25, -0.2) is 0 Å². The summed E-state index contributed by atoms with van der Waals surface area (Å²) in [6.07, 6.45) is 2.56. The van der Waals surface area contributed by atoms with Crippen LogP contribution in [0.4, 0.5) is 0 Å². The van der Waals surface area contributed by atoms with Crippen molar-refractivity contribution in [3.05, 3.63) is 29.3 Å². The predicted molar refractivity (Wildman–Crippen MR) is 83.6 cm³/mol. The van der Waals surface area contributed by atoms with Crippen molar-refractivity contribution in [1.29, 1.82) is 0 Å². The van der Waals surface area contributed by atoms with Gasteiger partial charge in [-0.15, -0.1) is 12.4 Å². The van der Waals surface area contributed by atoms with E-state index in [1.807, 2.05) is 0 Å². The summed E-state index contributed by atoms with van der Waals surface area (Å²) in [6, 6.07) is 6.48. The molecule has 1 aromatic carbocycles. The highest BCUT2D eigenvalue weighted by Gasteiger charge is 2.13. The van der Waals surface area contributed by atoms with Crippen LogP contribution in [0.15, 0.2) is 18.2 Å². The van der Waals surface area contributed by atoms with Crippen LogP contribution in [0.5, 0.6) is 5.75 Å². The van der Waals surface area contributed by atoms with Crippen LogP contribution >= 0.6 is 12.4 Å². The molecule has 0 amide bonds. The summed E-state index contributed by atoms with van der Waals surface area (Å²) in [5, 5.41) is 3.43. The van der Waals surface area contributed by atoms with Crippen molar-refractivity contribution in [3.8, 4) is 5.75 Å². The topological polar surface area (TPSA) is 21.3 Å². The second-order valence-electron chi connectivity index (χ2n) is 5.70. The third-order valence-corrected chi connectivity index (χ3v) is 3.75. The maximum atomic E-state index is 5.92. The highest BCUT2D eigenvalue weighted by Crippen LogP contribution is 2.24. The van der Waals surface area contributed by atoms with E-state index in [1.54, 1.807) is 0 Å². The van der Waals surface area contributed by atoms with Gasteiger partial charge in [-0.3, -0.25) is 0 Å². The van der Waals surface area contributed by atoms with Gasteiger partial charge in [-0.2, -0.15) is 0 Å². The third kappa shape index (κ3) is 4.70. The van der Waals surface area contributed by atoms with E-state index in [9.17, 15) is 0 Å². The molecule has 1 fully saturated rings. The summed E-state index contributed by atoms with van der Waals surface area (Å²) in [7, 11) is 0. The Hall–Kier alpha value is -0.730. The third-order valence-electron chi connectivity index (χ3n) is 3.75. The van der Waals surface area contributed by atoms with Crippen LogP contribution in [0.2, 0.25) is 0 Å². The number of halogens is 1. The lowest BCUT2D eigenvalue weighted by molar-refractivity contribution is 0.218. The van der Waals surface area contributed by atoms with E-state index < -0.39 is 0 Å². The molecule has 2 rings (SSSR count). The smallest absolute Gasteiger partial charge is 0.119 e. The second-order valence-corrected chi connectivity index (χ2v) is 5.70. The van der Waals surface area contributed by atoms with Crippen LogP contribution in [-0.4, -0.2) is 19.7 Å². The van der Waals surface area contributed by atoms with Crippen molar-refractivity contribution < 1.29 is 4.74 Å². The number of hydrogen-bond acceptors (Lipinski definition) is 2. The Kier molecular flexibility index (Phi) is 6.67. The molecule has 0 radical (unpaired) electrons. The minimum Gasteiger partial charge on any atom is -0.493 e. The molecule has 1 aromatic rings. The lowest BCUT2D eigenvalue weighted by atomic mass is 9.98. The Balaban J connectivity index is 0.00000180. The number of benzene rings is 1. The van der Waals surface area contributed by atoms with Crippen LogP contribution in [0.25, 0.3) is 0 Å². The molecular formula is C16H26ClNO. The molecule has 2 nitrogen and oxygen atoms in total. The molecule has 0 saturated carbocycles. The fraction of sp³-hybridized carbons (Fsp3) is 0.625. The molecule has 0 bridgehead atoms. The molecule has 3 heteroatoms. The van der Waals surface area contributed by atoms with Gasteiger partial charge in [0.15, 0.2) is 0 Å². The Morgan fingerprint density at radius 3 is 2.74 bits per heavy atom. The fourth-order valence-electron chi connectivity index (χ4n) is 2.67. The SMILES string of the molecule is Cc1cc(OCC2CCCNC2)ccc1C(C)C.Cl. The van der Waals surface area contributed by atoms with E-state index in [0.29, 0.717) is 11.8 Å². The first-order valence-corrected chi connectivity index (χ1v) is 7.11. The lowest BCUT2D eigenvalue weighted by Gasteiger charge is -2.23. The molecule has 1 saturated heterocycles. The number of piperidine rings is 1. The van der Waals surface area contributed by atoms with E-state index >= 15 is 0 Å². The monoisotopic (exact) mass is 283 g/mol. The highest BCUT2D eigenvalue weighted by molar-refractivity contribution is 5.85. The maximum Gasteiger partial charge on any atom is 0.119 e. The molecule has 1 atom stereocenters. The molecule has 1 N–H and O–H groups in total. The van der Waals surface area contributed by atoms with E-state index in [0.717, 1.165) is 18.9 Å². The number of nitrogens with one attached hydrogen (secondary N) is 1. The van der Waals surface area contributed by atoms with Crippen LogP contribution in [0, 0.1) is 12.8 Å². The molecule has 108 valence electrons. The average molecular weight is 284 g/mol. The lowest BCUT2D eigenvalue weighted by Crippen LogP contribution is -2.33. The number of hydrogen-bond donors (Lipinski definition) is 1. The van der Waals surface area contributed by atoms with Gasteiger partial charge < -0.3 is 10.1 Å². The number of rotatable bonds is 4. The highest BCUT2D eigenvalue weighted by atomic mass is 35.5. The standard InChI is InChI=1S/C16H25NO.ClH/c1-12(2)16-7-6-15(9-13(16)3)18-11-14-5-4-8-17-10-14;/h6-7,9,12,14,17H,4-5,8,10-11H2,1-3H3;1H. The van der Waals surface area contributed by atoms with E-state index in [4.69, 9.17) is 4.74 Å². The first-order chi connectivity index (χ1) is 8.66. The Morgan fingerprint density at radius 2 is 2.16 bits per heavy atom. The zero-order valence-corrected chi connectivity index (χ0v) is 13.1. The maximum absolute atomic E-state index is 5.92. The predicted octanol–water partition coefficient (Wildman–Crippen LogP) is 3.92. The minimum absolute atomic E-state index is 0. The Labute approximate surface area is 123 Å². The molecular weight excluding hydrogens is 258 g/mol. The first kappa shape index (κ1) is 16.3. The normalized spacial score (nSPS) is 19.1. The van der Waals surface area contributed by atoms with Crippen molar-refractivity contribution in [2.24, 2.45) is 5.92 Å². The summed E-state index contributed by atoms with van der Waals surface area (Å²) >= 11 is 0. The molecule has 19 heavy (non-hydrogen) atoms. The van der Waals surface area contributed by atoms with Crippen molar-refractivity contribution in [3.63, 3.8) is 0 Å². The van der Waals surface area contributed by atoms with Crippen LogP contribution in [-0.2, 0) is 0 Å². The molecule has 0 aliphatic carbocycles. The Morgan fingerprint density at radius 1 is 1.37 bits per heavy atom. The van der Waals surface area contributed by atoms with Gasteiger partial charge in [0.2, 0.25) is 0 Å². The van der Waals surface area contributed by atoms with Gasteiger partial charge in [0.1, 0.15) is 5.75 Å². The van der Waals surface area contributed by atoms with Crippen LogP contribution < -0.4 is 10.1 Å². The number of ether oxygens (including phenoxy) is 1. The van der Waals surface area contributed by atoms with Gasteiger partial charge in [0.05, 0.1) is 6.61 Å². The minimum atomic E-state index is 0. The summed E-state index contributed by atoms with van der Waals surface area (Å²) in [5.74, 6) is 2.27. The molecule has 1 unspecified atom stereocenters. The quantitative estimate of drug-likeness (QED) is 0.904. The van der Waals surface area contributed by atoms with Gasteiger partial charge in [-0.1, -0.05) is 19.9 Å². The van der Waals surface area contributed by atoms with Crippen molar-refractivity contribution >= 4 is 12.4 Å². The van der Waals surface area contributed by atoms with E-state index in [2.05, 4.69) is 44.3 Å². The zero-order chi connectivity index (χ0) is 13.0. The second kappa shape index (κ2) is 7.76. The summed E-state index contributed by atoms with van der Waals surface area (Å²) < 4.78 is 5.92. The first-order valence-electron chi connectivity index (χ1n) is 7.11. The van der Waals surface area contributed by atoms with Crippen molar-refractivity contribution in [1.82, 2.24) is 5.32 Å². The zero-order valence-electron chi connectivity index (χ0n) is 12.2. The van der Waals surface area contributed by atoms with Crippen molar-refractivity contribution in [2.45, 2.75) is 39.5 Å². The van der Waals surface area contributed by atoms with Crippen LogP contribution in [0.3, 0.4) is 0 Å². The molecule has 1 aliphatic heterocycles. The number of aryl methyl sites for hydroxylation is 1.